The van der Waals surface area contributed by atoms with E-state index in [1.54, 1.807) is 6.92 Å². The van der Waals surface area contributed by atoms with Crippen LogP contribution in [0.5, 0.6) is 0 Å². The van der Waals surface area contributed by atoms with E-state index in [1.807, 2.05) is 58.0 Å². The second kappa shape index (κ2) is 13.8. The minimum atomic E-state index is -3.17. The van der Waals surface area contributed by atoms with Gasteiger partial charge in [-0.2, -0.15) is 0 Å². The van der Waals surface area contributed by atoms with Crippen molar-refractivity contribution in [2.45, 2.75) is 74.3 Å². The van der Waals surface area contributed by atoms with Crippen LogP contribution in [0.25, 0.3) is 0 Å². The molecule has 1 aliphatic carbocycles. The number of ether oxygens (including phenoxy) is 1. The highest BCUT2D eigenvalue weighted by atomic mass is 28.4. The van der Waals surface area contributed by atoms with E-state index in [1.165, 1.54) is 4.90 Å². The van der Waals surface area contributed by atoms with E-state index in [4.69, 9.17) is 18.0 Å². The van der Waals surface area contributed by atoms with E-state index < -0.39 is 20.3 Å². The maximum atomic E-state index is 14.5. The summed E-state index contributed by atoms with van der Waals surface area (Å²) in [4.78, 5) is 29.2. The standard InChI is InChI=1S/C31H45NO6Si/c1-8-15-27-25(7)28(39(36-9-2,37-10-3)38-11-4)18-19-31(27)20-23(5)24(6)21-32(29(31)33)30(34)35-22-26-16-13-12-14-17-26/h12-14,16-17,23-24,27H,9-11,18-22H2,1-7H3/t23-,24-,27?,31?/m0/s1. The van der Waals surface area contributed by atoms with Crippen LogP contribution in [0, 0.1) is 35.0 Å². The lowest BCUT2D eigenvalue weighted by Crippen LogP contribution is -2.55. The van der Waals surface area contributed by atoms with Gasteiger partial charge in [0, 0.05) is 31.6 Å². The fraction of sp³-hybridized carbons (Fsp3) is 0.613. The maximum Gasteiger partial charge on any atom is 0.532 e. The summed E-state index contributed by atoms with van der Waals surface area (Å²) in [5.41, 5.74) is 1.01. The van der Waals surface area contributed by atoms with Gasteiger partial charge in [0.1, 0.15) is 6.61 Å². The zero-order valence-electron chi connectivity index (χ0n) is 24.7. The Hall–Kier alpha value is -2.44. The minimum absolute atomic E-state index is 0.118. The Kier molecular flexibility index (Phi) is 11.0. The quantitative estimate of drug-likeness (QED) is 0.269. The molecule has 1 spiro atoms. The molecule has 214 valence electrons. The number of nitrogens with zero attached hydrogens (tertiary/aromatic N) is 1. The summed E-state index contributed by atoms with van der Waals surface area (Å²) in [6, 6.07) is 9.52. The lowest BCUT2D eigenvalue weighted by atomic mass is 9.61. The molecule has 2 unspecified atom stereocenters. The van der Waals surface area contributed by atoms with Crippen molar-refractivity contribution in [1.82, 2.24) is 4.90 Å². The molecule has 0 N–H and O–H groups in total. The number of allylic oxidation sites excluding steroid dienone is 2. The average Bonchev–Trinajstić information content (AvgIpc) is 3.01. The van der Waals surface area contributed by atoms with Crippen molar-refractivity contribution in [1.29, 1.82) is 0 Å². The molecule has 3 rings (SSSR count). The molecule has 1 aromatic carbocycles. The molecule has 2 amide bonds. The molecule has 4 atom stereocenters. The first-order valence-corrected chi connectivity index (χ1v) is 16.0. The van der Waals surface area contributed by atoms with Crippen LogP contribution in [-0.4, -0.2) is 52.1 Å². The van der Waals surface area contributed by atoms with Gasteiger partial charge in [-0.1, -0.05) is 55.7 Å². The summed E-state index contributed by atoms with van der Waals surface area (Å²) in [7, 11) is -3.17. The van der Waals surface area contributed by atoms with Crippen molar-refractivity contribution in [2.75, 3.05) is 26.4 Å². The summed E-state index contributed by atoms with van der Waals surface area (Å²) >= 11 is 0. The number of imide groups is 1. The number of hydrogen-bond donors (Lipinski definition) is 0. The highest BCUT2D eigenvalue weighted by molar-refractivity contribution is 6.69. The zero-order valence-corrected chi connectivity index (χ0v) is 25.7. The van der Waals surface area contributed by atoms with Gasteiger partial charge in [-0.05, 0) is 71.3 Å². The SMILES string of the molecule is CC#CC1C(C)=C([Si](OCC)(OCC)OCC)CCC12C[C@H](C)[C@@H](C)CN(C(=O)OCc1ccccc1)C2=O. The Bertz CT molecular complexity index is 1080. The lowest BCUT2D eigenvalue weighted by Gasteiger charge is -2.45. The third-order valence-corrected chi connectivity index (χ3v) is 11.6. The van der Waals surface area contributed by atoms with Crippen LogP contribution in [-0.2, 0) is 29.4 Å². The van der Waals surface area contributed by atoms with Crippen LogP contribution in [0.1, 0.15) is 73.3 Å². The molecule has 0 saturated carbocycles. The fourth-order valence-electron chi connectivity index (χ4n) is 6.11. The largest absolute Gasteiger partial charge is 0.532 e. The van der Waals surface area contributed by atoms with E-state index in [0.29, 0.717) is 45.6 Å². The Balaban J connectivity index is 2.05. The zero-order chi connectivity index (χ0) is 28.6. The van der Waals surface area contributed by atoms with Gasteiger partial charge in [-0.3, -0.25) is 4.79 Å². The molecular formula is C31H45NO6Si. The van der Waals surface area contributed by atoms with Gasteiger partial charge in [0.15, 0.2) is 0 Å². The van der Waals surface area contributed by atoms with Gasteiger partial charge in [0.2, 0.25) is 5.91 Å². The molecule has 0 bridgehead atoms. The summed E-state index contributed by atoms with van der Waals surface area (Å²) in [6.07, 6.45) is 1.19. The predicted octanol–water partition coefficient (Wildman–Crippen LogP) is 6.15. The molecule has 2 aliphatic rings. The summed E-state index contributed by atoms with van der Waals surface area (Å²) < 4.78 is 24.5. The van der Waals surface area contributed by atoms with Gasteiger partial charge < -0.3 is 18.0 Å². The number of hydrogen-bond acceptors (Lipinski definition) is 6. The minimum Gasteiger partial charge on any atom is -0.444 e. The molecule has 1 aromatic rings. The first kappa shape index (κ1) is 31.1. The molecule has 1 saturated heterocycles. The second-order valence-corrected chi connectivity index (χ2v) is 13.2. The van der Waals surface area contributed by atoms with Crippen molar-refractivity contribution in [2.24, 2.45) is 23.2 Å². The van der Waals surface area contributed by atoms with Gasteiger partial charge in [-0.25, -0.2) is 9.69 Å². The van der Waals surface area contributed by atoms with Crippen LogP contribution < -0.4 is 0 Å². The van der Waals surface area contributed by atoms with Crippen molar-refractivity contribution < 1.29 is 27.6 Å². The Morgan fingerprint density at radius 3 is 2.23 bits per heavy atom. The number of benzene rings is 1. The first-order valence-electron chi connectivity index (χ1n) is 14.3. The van der Waals surface area contributed by atoms with E-state index in [9.17, 15) is 9.59 Å². The number of amides is 2. The second-order valence-electron chi connectivity index (χ2n) is 10.6. The third kappa shape index (κ3) is 6.49. The van der Waals surface area contributed by atoms with Crippen molar-refractivity contribution >= 4 is 20.8 Å². The molecular weight excluding hydrogens is 510 g/mol. The average molecular weight is 556 g/mol. The van der Waals surface area contributed by atoms with Crippen LogP contribution in [0.2, 0.25) is 0 Å². The smallest absolute Gasteiger partial charge is 0.444 e. The number of carbonyl (C=O) groups excluding carboxylic acids is 2. The van der Waals surface area contributed by atoms with Gasteiger partial charge in [0.25, 0.3) is 0 Å². The van der Waals surface area contributed by atoms with E-state index in [-0.39, 0.29) is 30.3 Å². The summed E-state index contributed by atoms with van der Waals surface area (Å²) in [5.74, 6) is 6.23. The number of likely N-dealkylation sites (tertiary alicyclic amines) is 1. The van der Waals surface area contributed by atoms with Crippen LogP contribution in [0.3, 0.4) is 0 Å². The monoisotopic (exact) mass is 555 g/mol. The highest BCUT2D eigenvalue weighted by Gasteiger charge is 2.58. The normalized spacial score (nSPS) is 25.8. The van der Waals surface area contributed by atoms with Crippen molar-refractivity contribution in [3.8, 4) is 11.8 Å². The highest BCUT2D eigenvalue weighted by Crippen LogP contribution is 2.53. The molecule has 7 nitrogen and oxygen atoms in total. The number of carbonyl (C=O) groups is 2. The van der Waals surface area contributed by atoms with E-state index in [2.05, 4.69) is 25.7 Å². The maximum absolute atomic E-state index is 14.5. The Labute approximate surface area is 235 Å². The molecule has 8 heteroatoms. The molecule has 1 aliphatic heterocycles. The van der Waals surface area contributed by atoms with Crippen molar-refractivity contribution in [3.05, 3.63) is 46.7 Å². The fourth-order valence-corrected chi connectivity index (χ4v) is 9.08. The van der Waals surface area contributed by atoms with Crippen molar-refractivity contribution in [3.63, 3.8) is 0 Å². The lowest BCUT2D eigenvalue weighted by molar-refractivity contribution is -0.142. The summed E-state index contributed by atoms with van der Waals surface area (Å²) in [5, 5.41) is 1.02. The Morgan fingerprint density at radius 1 is 1.05 bits per heavy atom. The van der Waals surface area contributed by atoms with Crippen LogP contribution in [0.4, 0.5) is 4.79 Å². The topological polar surface area (TPSA) is 74.3 Å². The van der Waals surface area contributed by atoms with Crippen LogP contribution in [0.15, 0.2) is 41.1 Å². The first-order chi connectivity index (χ1) is 18.7. The number of rotatable bonds is 9. The van der Waals surface area contributed by atoms with Gasteiger partial charge >= 0.3 is 14.9 Å². The van der Waals surface area contributed by atoms with Crippen LogP contribution >= 0.6 is 0 Å². The predicted molar refractivity (Wildman–Crippen MR) is 153 cm³/mol. The molecule has 1 fully saturated rings. The Morgan fingerprint density at radius 2 is 1.67 bits per heavy atom. The van der Waals surface area contributed by atoms with E-state index >= 15 is 0 Å². The molecule has 39 heavy (non-hydrogen) atoms. The third-order valence-electron chi connectivity index (χ3n) is 8.17. The molecule has 0 radical (unpaired) electrons. The summed E-state index contributed by atoms with van der Waals surface area (Å²) in [6.45, 7) is 15.8. The van der Waals surface area contributed by atoms with E-state index in [0.717, 1.165) is 16.3 Å². The molecule has 1 heterocycles. The van der Waals surface area contributed by atoms with Gasteiger partial charge in [-0.15, -0.1) is 5.92 Å². The molecule has 0 aromatic heterocycles. The van der Waals surface area contributed by atoms with Gasteiger partial charge in [0.05, 0.1) is 11.3 Å².